The number of rotatable bonds is 6. The van der Waals surface area contributed by atoms with E-state index in [9.17, 15) is 24.5 Å². The molecule has 11 heteroatoms. The number of nitro groups is 1. The van der Waals surface area contributed by atoms with E-state index in [0.717, 1.165) is 12.1 Å². The summed E-state index contributed by atoms with van der Waals surface area (Å²) in [4.78, 5) is 48.3. The zero-order valence-corrected chi connectivity index (χ0v) is 17.1. The molecule has 9 nitrogen and oxygen atoms in total. The summed E-state index contributed by atoms with van der Waals surface area (Å²) in [5.74, 6) is -1.61. The fourth-order valence-corrected chi connectivity index (χ4v) is 3.34. The van der Waals surface area contributed by atoms with Gasteiger partial charge in [0, 0.05) is 12.1 Å². The first-order valence-corrected chi connectivity index (χ1v) is 9.37. The van der Waals surface area contributed by atoms with Crippen molar-refractivity contribution in [2.24, 2.45) is 0 Å². The monoisotopic (exact) mass is 461 g/mol. The summed E-state index contributed by atoms with van der Waals surface area (Å²) in [6, 6.07) is 6.61. The summed E-state index contributed by atoms with van der Waals surface area (Å²) >= 11 is 12.3. The van der Waals surface area contributed by atoms with Crippen LogP contribution in [0.1, 0.15) is 5.56 Å². The number of urea groups is 1. The van der Waals surface area contributed by atoms with Gasteiger partial charge in [-0.15, -0.1) is 0 Å². The van der Waals surface area contributed by atoms with Gasteiger partial charge >= 0.3 is 6.03 Å². The Balaban J connectivity index is 1.97. The fourth-order valence-electron chi connectivity index (χ4n) is 2.73. The molecule has 2 aromatic carbocycles. The van der Waals surface area contributed by atoms with Crippen molar-refractivity contribution in [1.82, 2.24) is 5.32 Å². The molecule has 2 aromatic rings. The maximum atomic E-state index is 12.9. The molecule has 1 aliphatic heterocycles. The smallest absolute Gasteiger partial charge is 0.335 e. The van der Waals surface area contributed by atoms with Gasteiger partial charge in [0.15, 0.2) is 5.75 Å². The summed E-state index contributed by atoms with van der Waals surface area (Å²) in [7, 11) is 0. The summed E-state index contributed by atoms with van der Waals surface area (Å²) in [6.07, 6.45) is 2.73. The van der Waals surface area contributed by atoms with Crippen molar-refractivity contribution in [3.8, 4) is 5.75 Å². The lowest BCUT2D eigenvalue weighted by Gasteiger charge is -2.26. The summed E-state index contributed by atoms with van der Waals surface area (Å²) in [5, 5.41) is 13.2. The topological polar surface area (TPSA) is 119 Å². The Hall–Kier alpha value is -3.69. The second-order valence-corrected chi connectivity index (χ2v) is 6.96. The number of nitro benzene ring substituents is 1. The Bertz CT molecular complexity index is 1120. The number of halogens is 2. The van der Waals surface area contributed by atoms with E-state index in [0.29, 0.717) is 10.5 Å². The summed E-state index contributed by atoms with van der Waals surface area (Å²) in [6.45, 7) is 3.70. The van der Waals surface area contributed by atoms with Gasteiger partial charge in [0.2, 0.25) is 0 Å². The Labute approximate surface area is 185 Å². The number of hydrogen-bond donors (Lipinski definition) is 1. The minimum Gasteiger partial charge on any atom is -0.486 e. The number of non-ortho nitro benzene ring substituents is 1. The predicted octanol–water partition coefficient (Wildman–Crippen LogP) is 4.13. The molecule has 0 radical (unpaired) electrons. The van der Waals surface area contributed by atoms with Crippen LogP contribution >= 0.6 is 23.2 Å². The third kappa shape index (κ3) is 4.57. The van der Waals surface area contributed by atoms with Gasteiger partial charge in [-0.1, -0.05) is 35.9 Å². The Morgan fingerprint density at radius 3 is 2.29 bits per heavy atom. The van der Waals surface area contributed by atoms with Crippen molar-refractivity contribution in [3.05, 3.63) is 80.3 Å². The molecule has 0 aliphatic carbocycles. The highest BCUT2D eigenvalue weighted by atomic mass is 35.5. The van der Waals surface area contributed by atoms with Crippen LogP contribution in [0.5, 0.6) is 5.75 Å². The van der Waals surface area contributed by atoms with Crippen LogP contribution in [0.4, 0.5) is 16.2 Å². The molecule has 0 atom stereocenters. The molecular weight excluding hydrogens is 449 g/mol. The van der Waals surface area contributed by atoms with E-state index < -0.39 is 22.8 Å². The highest BCUT2D eigenvalue weighted by Gasteiger charge is 2.37. The molecule has 1 N–H and O–H groups in total. The van der Waals surface area contributed by atoms with Crippen LogP contribution < -0.4 is 15.0 Å². The molecular formula is C20H13Cl2N3O6. The van der Waals surface area contributed by atoms with Crippen LogP contribution in [0.2, 0.25) is 10.0 Å². The second kappa shape index (κ2) is 8.99. The normalized spacial score (nSPS) is 15.1. The lowest BCUT2D eigenvalue weighted by molar-refractivity contribution is -0.384. The highest BCUT2D eigenvalue weighted by molar-refractivity contribution is 6.40. The summed E-state index contributed by atoms with van der Waals surface area (Å²) in [5.41, 5.74) is -0.207. The van der Waals surface area contributed by atoms with Crippen LogP contribution in [-0.2, 0) is 9.59 Å². The number of ether oxygens (including phenoxy) is 1. The Morgan fingerprint density at radius 2 is 1.74 bits per heavy atom. The van der Waals surface area contributed by atoms with Crippen LogP contribution in [0, 0.1) is 10.1 Å². The molecule has 158 valence electrons. The first-order valence-electron chi connectivity index (χ1n) is 8.61. The number of imide groups is 2. The largest absolute Gasteiger partial charge is 0.486 e. The van der Waals surface area contributed by atoms with Crippen molar-refractivity contribution in [2.75, 3.05) is 11.5 Å². The van der Waals surface area contributed by atoms with E-state index in [1.54, 1.807) is 0 Å². The van der Waals surface area contributed by atoms with E-state index in [1.807, 2.05) is 0 Å². The minimum absolute atomic E-state index is 0.0516. The number of hydrogen-bond acceptors (Lipinski definition) is 6. The molecule has 3 rings (SSSR count). The van der Waals surface area contributed by atoms with Crippen LogP contribution in [-0.4, -0.2) is 29.4 Å². The van der Waals surface area contributed by atoms with Gasteiger partial charge in [0.25, 0.3) is 17.5 Å². The summed E-state index contributed by atoms with van der Waals surface area (Å²) < 4.78 is 5.37. The molecule has 0 aromatic heterocycles. The van der Waals surface area contributed by atoms with Gasteiger partial charge in [-0.3, -0.25) is 25.0 Å². The number of carbonyl (C=O) groups is 3. The lowest BCUT2D eigenvalue weighted by atomic mass is 10.1. The fraction of sp³-hybridized carbons (Fsp3) is 0.0500. The minimum atomic E-state index is -0.981. The molecule has 1 heterocycles. The highest BCUT2D eigenvalue weighted by Crippen LogP contribution is 2.35. The van der Waals surface area contributed by atoms with Gasteiger partial charge in [0.05, 0.1) is 20.7 Å². The molecule has 1 fully saturated rings. The van der Waals surface area contributed by atoms with E-state index in [2.05, 4.69) is 11.9 Å². The van der Waals surface area contributed by atoms with E-state index in [4.69, 9.17) is 27.9 Å². The molecule has 4 amide bonds. The number of amides is 4. The maximum Gasteiger partial charge on any atom is 0.335 e. The maximum absolute atomic E-state index is 12.9. The quantitative estimate of drug-likeness (QED) is 0.227. The number of barbiturate groups is 1. The van der Waals surface area contributed by atoms with Crippen LogP contribution in [0.25, 0.3) is 6.08 Å². The third-order valence-corrected chi connectivity index (χ3v) is 4.66. The molecule has 31 heavy (non-hydrogen) atoms. The van der Waals surface area contributed by atoms with Crippen molar-refractivity contribution >= 4 is 58.5 Å². The molecule has 1 saturated heterocycles. The van der Waals surface area contributed by atoms with Crippen molar-refractivity contribution in [2.45, 2.75) is 0 Å². The molecule has 0 bridgehead atoms. The van der Waals surface area contributed by atoms with Gasteiger partial charge in [-0.2, -0.15) is 0 Å². The SMILES string of the molecule is C=CCOc1c(Cl)cc(/C=C2\C(=O)NC(=O)N(c3ccc([N+](=O)[O-])cc3)C2=O)cc1Cl. The van der Waals surface area contributed by atoms with Gasteiger partial charge in [-0.25, -0.2) is 9.69 Å². The molecule has 1 aliphatic rings. The number of benzene rings is 2. The number of anilines is 1. The average molecular weight is 462 g/mol. The Kier molecular flexibility index (Phi) is 6.38. The molecule has 0 spiro atoms. The first kappa shape index (κ1) is 22.0. The Morgan fingerprint density at radius 1 is 1.13 bits per heavy atom. The van der Waals surface area contributed by atoms with Crippen LogP contribution in [0.15, 0.2) is 54.6 Å². The second-order valence-electron chi connectivity index (χ2n) is 6.14. The molecule has 0 unspecified atom stereocenters. The van der Waals surface area contributed by atoms with Crippen molar-refractivity contribution in [3.63, 3.8) is 0 Å². The van der Waals surface area contributed by atoms with Gasteiger partial charge in [0.1, 0.15) is 12.2 Å². The third-order valence-electron chi connectivity index (χ3n) is 4.10. The van der Waals surface area contributed by atoms with Crippen LogP contribution in [0.3, 0.4) is 0 Å². The number of nitrogens with zero attached hydrogens (tertiary/aromatic N) is 2. The van der Waals surface area contributed by atoms with E-state index in [-0.39, 0.29) is 39.3 Å². The standard InChI is InChI=1S/C20H13Cl2N3O6/c1-2-7-31-17-15(21)9-11(10-16(17)22)8-14-18(26)23-20(28)24(19(14)27)12-3-5-13(6-4-12)25(29)30/h2-6,8-10H,1,7H2,(H,23,26,28)/b14-8+. The first-order chi connectivity index (χ1) is 14.7. The van der Waals surface area contributed by atoms with E-state index in [1.165, 1.54) is 36.4 Å². The number of nitrogens with one attached hydrogen (secondary N) is 1. The van der Waals surface area contributed by atoms with Crippen molar-refractivity contribution < 1.29 is 24.0 Å². The average Bonchev–Trinajstić information content (AvgIpc) is 2.71. The predicted molar refractivity (Wildman–Crippen MR) is 114 cm³/mol. The zero-order chi connectivity index (χ0) is 22.7. The lowest BCUT2D eigenvalue weighted by Crippen LogP contribution is -2.54. The van der Waals surface area contributed by atoms with E-state index >= 15 is 0 Å². The zero-order valence-electron chi connectivity index (χ0n) is 15.6. The number of carbonyl (C=O) groups excluding carboxylic acids is 3. The van der Waals surface area contributed by atoms with Crippen molar-refractivity contribution in [1.29, 1.82) is 0 Å². The van der Waals surface area contributed by atoms with Gasteiger partial charge < -0.3 is 4.74 Å². The van der Waals surface area contributed by atoms with Gasteiger partial charge in [-0.05, 0) is 35.9 Å². The molecule has 0 saturated carbocycles.